The highest BCUT2D eigenvalue weighted by atomic mass is 32.2. The second-order valence-corrected chi connectivity index (χ2v) is 12.5. The molecule has 0 fully saturated rings. The highest BCUT2D eigenvalue weighted by molar-refractivity contribution is 7.90. The van der Waals surface area contributed by atoms with Crippen molar-refractivity contribution in [1.29, 1.82) is 0 Å². The van der Waals surface area contributed by atoms with Gasteiger partial charge in [0.05, 0.1) is 29.4 Å². The zero-order chi connectivity index (χ0) is 28.6. The average Bonchev–Trinajstić information content (AvgIpc) is 2.89. The van der Waals surface area contributed by atoms with E-state index in [1.807, 2.05) is 57.2 Å². The smallest absolute Gasteiger partial charge is 0.311 e. The fraction of sp³-hybridized carbons (Fsp3) is 0.467. The molecular weight excluding hydrogens is 502 g/mol. The number of benzene rings is 2. The predicted octanol–water partition coefficient (Wildman–Crippen LogP) is 5.64. The molecule has 38 heavy (non-hydrogen) atoms. The van der Waals surface area contributed by atoms with E-state index in [1.54, 1.807) is 38.1 Å². The molecule has 7 nitrogen and oxygen atoms in total. The van der Waals surface area contributed by atoms with E-state index in [0.717, 1.165) is 23.4 Å². The first-order chi connectivity index (χ1) is 17.8. The Kier molecular flexibility index (Phi) is 10.7. The van der Waals surface area contributed by atoms with Crippen LogP contribution in [0.1, 0.15) is 58.6 Å². The van der Waals surface area contributed by atoms with Crippen LogP contribution in [0.2, 0.25) is 0 Å². The molecule has 1 unspecified atom stereocenters. The second-order valence-electron chi connectivity index (χ2n) is 10.4. The number of ether oxygens (including phenoxy) is 2. The van der Waals surface area contributed by atoms with E-state index >= 15 is 0 Å². The van der Waals surface area contributed by atoms with Crippen LogP contribution in [0.15, 0.2) is 53.4 Å². The van der Waals surface area contributed by atoms with E-state index in [1.165, 1.54) is 13.4 Å². The summed E-state index contributed by atoms with van der Waals surface area (Å²) in [6.07, 6.45) is 6.01. The Labute approximate surface area is 227 Å². The van der Waals surface area contributed by atoms with Crippen LogP contribution >= 0.6 is 0 Å². The van der Waals surface area contributed by atoms with Crippen molar-refractivity contribution >= 4 is 39.6 Å². The molecule has 0 N–H and O–H groups in total. The van der Waals surface area contributed by atoms with Gasteiger partial charge in [0.2, 0.25) is 0 Å². The van der Waals surface area contributed by atoms with Crippen LogP contribution in [-0.4, -0.2) is 53.4 Å². The van der Waals surface area contributed by atoms with Gasteiger partial charge < -0.3 is 14.4 Å². The molecule has 2 aromatic rings. The number of sulfone groups is 1. The molecule has 0 heterocycles. The first kappa shape index (κ1) is 31.1. The van der Waals surface area contributed by atoms with Gasteiger partial charge in [-0.25, -0.2) is 8.42 Å². The van der Waals surface area contributed by atoms with Crippen LogP contribution in [0.4, 0.5) is 5.69 Å². The van der Waals surface area contributed by atoms with E-state index in [4.69, 9.17) is 9.47 Å². The van der Waals surface area contributed by atoms with E-state index in [9.17, 15) is 18.0 Å². The number of likely N-dealkylation sites (N-methyl/N-ethyl adjacent to an activating group) is 1. The summed E-state index contributed by atoms with van der Waals surface area (Å²) < 4.78 is 33.8. The lowest BCUT2D eigenvalue weighted by atomic mass is 9.72. The van der Waals surface area contributed by atoms with Gasteiger partial charge in [-0.15, -0.1) is 0 Å². The monoisotopic (exact) mass is 543 g/mol. The predicted molar refractivity (Wildman–Crippen MR) is 153 cm³/mol. The van der Waals surface area contributed by atoms with Gasteiger partial charge in [-0.2, -0.15) is 0 Å². The molecule has 0 saturated carbocycles. The van der Waals surface area contributed by atoms with Crippen molar-refractivity contribution in [2.45, 2.75) is 52.4 Å². The fourth-order valence-electron chi connectivity index (χ4n) is 4.36. The fourth-order valence-corrected chi connectivity index (χ4v) is 4.99. The molecule has 0 aliphatic carbocycles. The third kappa shape index (κ3) is 8.45. The first-order valence-corrected chi connectivity index (χ1v) is 14.7. The van der Waals surface area contributed by atoms with Gasteiger partial charge in [0.1, 0.15) is 6.61 Å². The van der Waals surface area contributed by atoms with Gasteiger partial charge in [0.15, 0.2) is 9.84 Å². The lowest BCUT2D eigenvalue weighted by Gasteiger charge is -2.33. The van der Waals surface area contributed by atoms with Crippen LogP contribution in [0.3, 0.4) is 0 Å². The Balaban J connectivity index is 1.96. The van der Waals surface area contributed by atoms with Gasteiger partial charge in [-0.1, -0.05) is 43.3 Å². The van der Waals surface area contributed by atoms with E-state index in [0.29, 0.717) is 24.3 Å². The minimum absolute atomic E-state index is 0.238. The molecule has 0 aliphatic heterocycles. The maximum absolute atomic E-state index is 12.8. The zero-order valence-corrected chi connectivity index (χ0v) is 24.4. The van der Waals surface area contributed by atoms with Crippen LogP contribution in [-0.2, 0) is 28.9 Å². The molecule has 2 aromatic carbocycles. The summed E-state index contributed by atoms with van der Waals surface area (Å²) in [5.41, 5.74) is 1.36. The van der Waals surface area contributed by atoms with Gasteiger partial charge in [0.25, 0.3) is 0 Å². The van der Waals surface area contributed by atoms with Gasteiger partial charge in [0, 0.05) is 18.5 Å². The Morgan fingerprint density at radius 1 is 0.895 bits per heavy atom. The van der Waals surface area contributed by atoms with Gasteiger partial charge in [-0.05, 0) is 75.9 Å². The molecule has 0 amide bonds. The second kappa shape index (κ2) is 13.1. The average molecular weight is 544 g/mol. The molecule has 0 bridgehead atoms. The quantitative estimate of drug-likeness (QED) is 0.239. The Hall–Kier alpha value is -3.13. The van der Waals surface area contributed by atoms with E-state index < -0.39 is 20.7 Å². The summed E-state index contributed by atoms with van der Waals surface area (Å²) in [4.78, 5) is 27.5. The summed E-state index contributed by atoms with van der Waals surface area (Å²) in [5.74, 6) is -0.650. The number of carbonyl (C=O) groups is 2. The number of hydrogen-bond donors (Lipinski definition) is 0. The Morgan fingerprint density at radius 2 is 1.42 bits per heavy atom. The molecule has 2 rings (SSSR count). The van der Waals surface area contributed by atoms with Crippen molar-refractivity contribution < 1.29 is 27.5 Å². The summed E-state index contributed by atoms with van der Waals surface area (Å²) >= 11 is 0. The molecule has 0 radical (unpaired) electrons. The lowest BCUT2D eigenvalue weighted by Crippen LogP contribution is -2.39. The largest absolute Gasteiger partial charge is 0.469 e. The number of rotatable bonds is 13. The number of hydrogen-bond acceptors (Lipinski definition) is 7. The van der Waals surface area contributed by atoms with Crippen LogP contribution in [0.5, 0.6) is 0 Å². The summed E-state index contributed by atoms with van der Waals surface area (Å²) in [5, 5.41) is 0. The third-order valence-corrected chi connectivity index (χ3v) is 7.98. The normalized spacial score (nSPS) is 13.7. The lowest BCUT2D eigenvalue weighted by molar-refractivity contribution is -0.161. The van der Waals surface area contributed by atoms with Crippen molar-refractivity contribution in [2.24, 2.45) is 10.8 Å². The zero-order valence-electron chi connectivity index (χ0n) is 23.6. The van der Waals surface area contributed by atoms with Crippen LogP contribution in [0, 0.1) is 10.8 Å². The third-order valence-electron chi connectivity index (χ3n) is 6.85. The number of anilines is 1. The minimum atomic E-state index is -3.21. The number of methoxy groups -OCH3 is 1. The molecule has 0 saturated heterocycles. The highest BCUT2D eigenvalue weighted by Gasteiger charge is 2.42. The van der Waals surface area contributed by atoms with E-state index in [2.05, 4.69) is 4.90 Å². The first-order valence-electron chi connectivity index (χ1n) is 12.8. The maximum atomic E-state index is 12.8. The van der Waals surface area contributed by atoms with Crippen molar-refractivity contribution in [3.8, 4) is 0 Å². The SMILES string of the molecule is CCN(CCOC(=O)C(C)(C)CC(C)(CC)C(=O)OC)c1ccc(C=Cc2ccc(S(C)(=O)=O)cc2)cc1. The number of carbonyl (C=O) groups excluding carboxylic acids is 2. The van der Waals surface area contributed by atoms with Crippen LogP contribution in [0.25, 0.3) is 12.2 Å². The number of nitrogens with zero attached hydrogens (tertiary/aromatic N) is 1. The molecule has 0 aromatic heterocycles. The Bertz CT molecular complexity index is 1220. The molecule has 0 spiro atoms. The van der Waals surface area contributed by atoms with Crippen molar-refractivity contribution in [3.63, 3.8) is 0 Å². The summed E-state index contributed by atoms with van der Waals surface area (Å²) in [6, 6.07) is 14.8. The standard InChI is InChI=1S/C30H41NO6S/c1-8-30(5,28(33)36-6)22-29(3,4)27(32)37-21-20-31(9-2)25-16-12-23(13-17-25)10-11-24-14-18-26(19-15-24)38(7,34)35/h10-19H,8-9,20-22H2,1-7H3. The van der Waals surface area contributed by atoms with Gasteiger partial charge in [-0.3, -0.25) is 9.59 Å². The molecule has 1 atom stereocenters. The minimum Gasteiger partial charge on any atom is -0.469 e. The maximum Gasteiger partial charge on any atom is 0.311 e. The summed E-state index contributed by atoms with van der Waals surface area (Å²) in [6.45, 7) is 10.9. The van der Waals surface area contributed by atoms with E-state index in [-0.39, 0.29) is 18.5 Å². The molecular formula is C30H41NO6S. The highest BCUT2D eigenvalue weighted by Crippen LogP contribution is 2.38. The van der Waals surface area contributed by atoms with Crippen molar-refractivity contribution in [1.82, 2.24) is 0 Å². The van der Waals surface area contributed by atoms with Crippen molar-refractivity contribution in [3.05, 3.63) is 59.7 Å². The molecule has 0 aliphatic rings. The Morgan fingerprint density at radius 3 is 1.87 bits per heavy atom. The molecule has 8 heteroatoms. The van der Waals surface area contributed by atoms with Crippen LogP contribution < -0.4 is 4.90 Å². The topological polar surface area (TPSA) is 90.0 Å². The molecule has 208 valence electrons. The number of esters is 2. The van der Waals surface area contributed by atoms with Gasteiger partial charge >= 0.3 is 11.9 Å². The summed E-state index contributed by atoms with van der Waals surface area (Å²) in [7, 11) is -1.84. The van der Waals surface area contributed by atoms with Crippen molar-refractivity contribution in [2.75, 3.05) is 38.0 Å².